The van der Waals surface area contributed by atoms with Gasteiger partial charge in [-0.05, 0) is 38.0 Å². The lowest BCUT2D eigenvalue weighted by Crippen LogP contribution is -2.26. The molecule has 5 heteroatoms. The molecule has 2 aromatic rings. The summed E-state index contributed by atoms with van der Waals surface area (Å²) in [6.07, 6.45) is 1.97. The highest BCUT2D eigenvalue weighted by Crippen LogP contribution is 2.32. The summed E-state index contributed by atoms with van der Waals surface area (Å²) in [6, 6.07) is 9.01. The molecule has 0 unspecified atom stereocenters. The second kappa shape index (κ2) is 7.92. The minimum absolute atomic E-state index is 0.122. The molecule has 1 aromatic heterocycles. The number of thiophene rings is 1. The number of aryl methyl sites for hydroxylation is 1. The van der Waals surface area contributed by atoms with Gasteiger partial charge in [0.2, 0.25) is 0 Å². The zero-order valence-electron chi connectivity index (χ0n) is 13.7. The molecule has 1 aromatic carbocycles. The van der Waals surface area contributed by atoms with Crippen molar-refractivity contribution < 1.29 is 9.59 Å². The van der Waals surface area contributed by atoms with E-state index in [9.17, 15) is 9.59 Å². The number of benzene rings is 1. The van der Waals surface area contributed by atoms with E-state index >= 15 is 0 Å². The molecule has 122 valence electrons. The highest BCUT2D eigenvalue weighted by molar-refractivity contribution is 7.16. The molecule has 0 spiro atoms. The van der Waals surface area contributed by atoms with Crippen molar-refractivity contribution in [2.45, 2.75) is 33.6 Å². The van der Waals surface area contributed by atoms with Gasteiger partial charge in [-0.1, -0.05) is 31.5 Å². The maximum atomic E-state index is 12.4. The first-order valence-electron chi connectivity index (χ1n) is 7.79. The molecule has 0 aliphatic carbocycles. The van der Waals surface area contributed by atoms with Crippen molar-refractivity contribution in [3.05, 3.63) is 51.9 Å². The summed E-state index contributed by atoms with van der Waals surface area (Å²) in [5.74, 6) is -0.321. The van der Waals surface area contributed by atoms with Crippen molar-refractivity contribution in [1.29, 1.82) is 0 Å². The van der Waals surface area contributed by atoms with Gasteiger partial charge in [0.1, 0.15) is 5.00 Å². The first-order chi connectivity index (χ1) is 11.0. The van der Waals surface area contributed by atoms with Gasteiger partial charge in [0.05, 0.1) is 5.56 Å². The predicted molar refractivity (Wildman–Crippen MR) is 95.4 cm³/mol. The average molecular weight is 330 g/mol. The van der Waals surface area contributed by atoms with Gasteiger partial charge in [0.15, 0.2) is 0 Å². The van der Waals surface area contributed by atoms with E-state index < -0.39 is 0 Å². The summed E-state index contributed by atoms with van der Waals surface area (Å²) in [6.45, 7) is 6.60. The molecule has 1 heterocycles. The van der Waals surface area contributed by atoms with Crippen molar-refractivity contribution in [3.8, 4) is 0 Å². The van der Waals surface area contributed by atoms with E-state index in [1.165, 1.54) is 11.3 Å². The topological polar surface area (TPSA) is 58.2 Å². The first kappa shape index (κ1) is 17.2. The van der Waals surface area contributed by atoms with Crippen molar-refractivity contribution >= 4 is 28.2 Å². The van der Waals surface area contributed by atoms with E-state index in [1.807, 2.05) is 32.0 Å². The molecule has 0 saturated carbocycles. The molecule has 0 aliphatic rings. The van der Waals surface area contributed by atoms with Crippen LogP contribution in [0.4, 0.5) is 5.00 Å². The van der Waals surface area contributed by atoms with Crippen molar-refractivity contribution in [2.75, 3.05) is 11.9 Å². The van der Waals surface area contributed by atoms with Gasteiger partial charge >= 0.3 is 0 Å². The van der Waals surface area contributed by atoms with Crippen LogP contribution in [0.1, 0.15) is 50.9 Å². The number of carbonyl (C=O) groups excluding carboxylic acids is 2. The van der Waals surface area contributed by atoms with Gasteiger partial charge < -0.3 is 10.6 Å². The van der Waals surface area contributed by atoms with E-state index in [2.05, 4.69) is 17.6 Å². The van der Waals surface area contributed by atoms with E-state index in [4.69, 9.17) is 0 Å². The lowest BCUT2D eigenvalue weighted by Gasteiger charge is -2.08. The Morgan fingerprint density at radius 1 is 1.09 bits per heavy atom. The van der Waals surface area contributed by atoms with Crippen LogP contribution in [0, 0.1) is 13.8 Å². The van der Waals surface area contributed by atoms with E-state index in [0.29, 0.717) is 22.7 Å². The Labute approximate surface area is 140 Å². The molecule has 0 saturated heterocycles. The van der Waals surface area contributed by atoms with Gasteiger partial charge in [-0.3, -0.25) is 9.59 Å². The SMILES string of the molecule is CCCCNC(=O)c1c(NC(=O)c2ccccc2)sc(C)c1C. The summed E-state index contributed by atoms with van der Waals surface area (Å²) in [5, 5.41) is 6.42. The quantitative estimate of drug-likeness (QED) is 0.782. The van der Waals surface area contributed by atoms with Gasteiger partial charge in [0.25, 0.3) is 11.8 Å². The van der Waals surface area contributed by atoms with Gasteiger partial charge in [0, 0.05) is 17.0 Å². The molecule has 0 fully saturated rings. The predicted octanol–water partition coefficient (Wildman–Crippen LogP) is 4.15. The third-order valence-electron chi connectivity index (χ3n) is 3.69. The van der Waals surface area contributed by atoms with Gasteiger partial charge in [-0.25, -0.2) is 0 Å². The summed E-state index contributed by atoms with van der Waals surface area (Å²) in [5.41, 5.74) is 2.08. The number of unbranched alkanes of at least 4 members (excludes halogenated alkanes) is 1. The minimum Gasteiger partial charge on any atom is -0.352 e. The number of rotatable bonds is 6. The van der Waals surface area contributed by atoms with Crippen molar-refractivity contribution in [2.24, 2.45) is 0 Å². The second-order valence-corrected chi connectivity index (χ2v) is 6.64. The fraction of sp³-hybridized carbons (Fsp3) is 0.333. The maximum Gasteiger partial charge on any atom is 0.256 e. The zero-order chi connectivity index (χ0) is 16.8. The normalized spacial score (nSPS) is 10.4. The molecular weight excluding hydrogens is 308 g/mol. The number of hydrogen-bond donors (Lipinski definition) is 2. The third kappa shape index (κ3) is 4.20. The fourth-order valence-corrected chi connectivity index (χ4v) is 3.27. The van der Waals surface area contributed by atoms with Crippen LogP contribution >= 0.6 is 11.3 Å². The van der Waals surface area contributed by atoms with E-state index in [1.54, 1.807) is 12.1 Å². The molecule has 0 radical (unpaired) electrons. The molecule has 2 rings (SSSR count). The Hall–Kier alpha value is -2.14. The summed E-state index contributed by atoms with van der Waals surface area (Å²) >= 11 is 1.44. The molecule has 2 amide bonds. The van der Waals surface area contributed by atoms with E-state index in [0.717, 1.165) is 23.3 Å². The molecule has 0 atom stereocenters. The van der Waals surface area contributed by atoms with Crippen LogP contribution < -0.4 is 10.6 Å². The number of anilines is 1. The highest BCUT2D eigenvalue weighted by atomic mass is 32.1. The number of amides is 2. The van der Waals surface area contributed by atoms with E-state index in [-0.39, 0.29) is 11.8 Å². The van der Waals surface area contributed by atoms with Gasteiger partial charge in [-0.15, -0.1) is 11.3 Å². The van der Waals surface area contributed by atoms with Gasteiger partial charge in [-0.2, -0.15) is 0 Å². The molecule has 4 nitrogen and oxygen atoms in total. The molecule has 0 bridgehead atoms. The Morgan fingerprint density at radius 3 is 2.43 bits per heavy atom. The summed E-state index contributed by atoms with van der Waals surface area (Å²) in [4.78, 5) is 25.8. The number of hydrogen-bond acceptors (Lipinski definition) is 3. The van der Waals surface area contributed by atoms with Crippen molar-refractivity contribution in [3.63, 3.8) is 0 Å². The smallest absolute Gasteiger partial charge is 0.256 e. The molecule has 0 aliphatic heterocycles. The van der Waals surface area contributed by atoms with Crippen LogP contribution in [-0.4, -0.2) is 18.4 Å². The zero-order valence-corrected chi connectivity index (χ0v) is 14.5. The van der Waals surface area contributed by atoms with Crippen LogP contribution in [0.15, 0.2) is 30.3 Å². The van der Waals surface area contributed by atoms with Crippen LogP contribution in [0.25, 0.3) is 0 Å². The Bertz CT molecular complexity index is 693. The molecular formula is C18H22N2O2S. The lowest BCUT2D eigenvalue weighted by molar-refractivity contribution is 0.0954. The average Bonchev–Trinajstić information content (AvgIpc) is 2.82. The fourth-order valence-electron chi connectivity index (χ4n) is 2.22. The Morgan fingerprint density at radius 2 is 1.78 bits per heavy atom. The highest BCUT2D eigenvalue weighted by Gasteiger charge is 2.21. The number of carbonyl (C=O) groups is 2. The van der Waals surface area contributed by atoms with Crippen LogP contribution in [0.5, 0.6) is 0 Å². The summed E-state index contributed by atoms with van der Waals surface area (Å²) < 4.78 is 0. The Kier molecular flexibility index (Phi) is 5.93. The van der Waals surface area contributed by atoms with Crippen LogP contribution in [0.2, 0.25) is 0 Å². The standard InChI is InChI=1S/C18H22N2O2S/c1-4-5-11-19-17(22)15-12(2)13(3)23-18(15)20-16(21)14-9-7-6-8-10-14/h6-10H,4-5,11H2,1-3H3,(H,19,22)(H,20,21). The largest absolute Gasteiger partial charge is 0.352 e. The van der Waals surface area contributed by atoms with Crippen molar-refractivity contribution in [1.82, 2.24) is 5.32 Å². The Balaban J connectivity index is 2.20. The maximum absolute atomic E-state index is 12.4. The first-order valence-corrected chi connectivity index (χ1v) is 8.60. The monoisotopic (exact) mass is 330 g/mol. The van der Waals surface area contributed by atoms with Crippen LogP contribution in [-0.2, 0) is 0 Å². The number of nitrogens with one attached hydrogen (secondary N) is 2. The third-order valence-corrected chi connectivity index (χ3v) is 4.81. The molecule has 23 heavy (non-hydrogen) atoms. The van der Waals surface area contributed by atoms with Crippen LogP contribution in [0.3, 0.4) is 0 Å². The second-order valence-electron chi connectivity index (χ2n) is 5.42. The molecule has 2 N–H and O–H groups in total. The lowest BCUT2D eigenvalue weighted by atomic mass is 10.1. The summed E-state index contributed by atoms with van der Waals surface area (Å²) in [7, 11) is 0. The minimum atomic E-state index is -0.200.